The molecule has 0 bridgehead atoms. The number of aromatic amines is 1. The van der Waals surface area contributed by atoms with Crippen LogP contribution in [-0.2, 0) is 0 Å². The SMILES string of the molecule is O=C(F)Nc1cccc2c1[nH]c1ccccc12. The van der Waals surface area contributed by atoms with Crippen LogP contribution in [0.1, 0.15) is 0 Å². The lowest BCUT2D eigenvalue weighted by atomic mass is 10.1. The molecule has 0 spiro atoms. The van der Waals surface area contributed by atoms with Gasteiger partial charge in [0.15, 0.2) is 0 Å². The van der Waals surface area contributed by atoms with E-state index in [9.17, 15) is 9.18 Å². The minimum Gasteiger partial charge on any atom is -0.353 e. The number of carbonyl (C=O) groups excluding carboxylic acids is 1. The van der Waals surface area contributed by atoms with Crippen LogP contribution in [0.25, 0.3) is 21.8 Å². The summed E-state index contributed by atoms with van der Waals surface area (Å²) in [6.45, 7) is 0. The van der Waals surface area contributed by atoms with E-state index in [1.54, 1.807) is 12.1 Å². The molecule has 2 aromatic carbocycles. The van der Waals surface area contributed by atoms with Crippen molar-refractivity contribution >= 4 is 33.7 Å². The number of rotatable bonds is 1. The van der Waals surface area contributed by atoms with Gasteiger partial charge in [0.25, 0.3) is 0 Å². The first-order chi connectivity index (χ1) is 8.25. The van der Waals surface area contributed by atoms with E-state index in [2.05, 4.69) is 10.3 Å². The lowest BCUT2D eigenvalue weighted by molar-refractivity contribution is 0.235. The smallest absolute Gasteiger partial charge is 0.353 e. The van der Waals surface area contributed by atoms with Crippen LogP contribution in [-0.4, -0.2) is 11.1 Å². The lowest BCUT2D eigenvalue weighted by Gasteiger charge is -2.00. The van der Waals surface area contributed by atoms with Crippen molar-refractivity contribution in [2.45, 2.75) is 0 Å². The fourth-order valence-corrected chi connectivity index (χ4v) is 2.08. The number of benzene rings is 2. The molecule has 0 unspecified atom stereocenters. The minimum absolute atomic E-state index is 0.450. The Hall–Kier alpha value is -2.36. The van der Waals surface area contributed by atoms with Gasteiger partial charge in [-0.3, -0.25) is 5.32 Å². The van der Waals surface area contributed by atoms with Crippen molar-refractivity contribution in [3.05, 3.63) is 42.5 Å². The summed E-state index contributed by atoms with van der Waals surface area (Å²) in [5.74, 6) is 0. The summed E-state index contributed by atoms with van der Waals surface area (Å²) in [6, 6.07) is 13.2. The van der Waals surface area contributed by atoms with Gasteiger partial charge in [-0.2, -0.15) is 0 Å². The Labute approximate surface area is 96.2 Å². The fourth-order valence-electron chi connectivity index (χ4n) is 2.08. The summed E-state index contributed by atoms with van der Waals surface area (Å²) in [4.78, 5) is 13.7. The third kappa shape index (κ3) is 1.54. The van der Waals surface area contributed by atoms with Crippen molar-refractivity contribution in [2.75, 3.05) is 5.32 Å². The Bertz CT molecular complexity index is 718. The summed E-state index contributed by atoms with van der Waals surface area (Å²) in [5.41, 5.74) is 2.15. The first-order valence-electron chi connectivity index (χ1n) is 5.21. The number of aromatic nitrogens is 1. The van der Waals surface area contributed by atoms with Gasteiger partial charge in [0.2, 0.25) is 0 Å². The molecule has 0 saturated heterocycles. The summed E-state index contributed by atoms with van der Waals surface area (Å²) >= 11 is 0. The fraction of sp³-hybridized carbons (Fsp3) is 0. The second-order valence-corrected chi connectivity index (χ2v) is 3.80. The first-order valence-corrected chi connectivity index (χ1v) is 5.21. The zero-order chi connectivity index (χ0) is 11.8. The maximum Gasteiger partial charge on any atom is 0.401 e. The van der Waals surface area contributed by atoms with Crippen LogP contribution in [0.3, 0.4) is 0 Å². The average Bonchev–Trinajstić information content (AvgIpc) is 2.68. The molecule has 0 aliphatic heterocycles. The van der Waals surface area contributed by atoms with Gasteiger partial charge in [-0.15, -0.1) is 4.39 Å². The predicted molar refractivity (Wildman–Crippen MR) is 65.9 cm³/mol. The van der Waals surface area contributed by atoms with Crippen LogP contribution in [0.2, 0.25) is 0 Å². The third-order valence-corrected chi connectivity index (χ3v) is 2.77. The molecule has 1 amide bonds. The van der Waals surface area contributed by atoms with E-state index in [-0.39, 0.29) is 0 Å². The lowest BCUT2D eigenvalue weighted by Crippen LogP contribution is -2.02. The van der Waals surface area contributed by atoms with E-state index in [1.165, 1.54) is 0 Å². The largest absolute Gasteiger partial charge is 0.401 e. The molecule has 17 heavy (non-hydrogen) atoms. The Balaban J connectivity index is 2.35. The molecule has 0 aliphatic carbocycles. The number of anilines is 1. The normalized spacial score (nSPS) is 10.9. The molecule has 4 heteroatoms. The number of carbonyl (C=O) groups is 1. The van der Waals surface area contributed by atoms with Crippen molar-refractivity contribution in [3.63, 3.8) is 0 Å². The van der Waals surface area contributed by atoms with Gasteiger partial charge in [-0.25, -0.2) is 4.79 Å². The number of amides is 1. The Morgan fingerprint density at radius 2 is 1.82 bits per heavy atom. The monoisotopic (exact) mass is 228 g/mol. The molecule has 84 valence electrons. The maximum absolute atomic E-state index is 12.4. The standard InChI is InChI=1S/C13H9FN2O/c14-13(17)16-11-7-3-5-9-8-4-1-2-6-10(8)15-12(9)11/h1-7,15H,(H,16,17). The Kier molecular flexibility index (Phi) is 2.08. The third-order valence-electron chi connectivity index (χ3n) is 2.77. The van der Waals surface area contributed by atoms with Gasteiger partial charge >= 0.3 is 6.16 Å². The van der Waals surface area contributed by atoms with Crippen LogP contribution in [0.4, 0.5) is 14.9 Å². The summed E-state index contributed by atoms with van der Waals surface area (Å²) in [7, 11) is 0. The first kappa shape index (κ1) is 9.84. The number of para-hydroxylation sites is 2. The van der Waals surface area contributed by atoms with Crippen LogP contribution in [0, 0.1) is 0 Å². The van der Waals surface area contributed by atoms with E-state index < -0.39 is 6.16 Å². The number of H-pyrrole nitrogens is 1. The summed E-state index contributed by atoms with van der Waals surface area (Å²) < 4.78 is 12.4. The van der Waals surface area contributed by atoms with Crippen molar-refractivity contribution in [1.29, 1.82) is 0 Å². The minimum atomic E-state index is -1.56. The molecule has 3 aromatic rings. The molecule has 3 nitrogen and oxygen atoms in total. The van der Waals surface area contributed by atoms with Gasteiger partial charge in [0, 0.05) is 16.3 Å². The highest BCUT2D eigenvalue weighted by Crippen LogP contribution is 2.29. The van der Waals surface area contributed by atoms with E-state index in [1.807, 2.05) is 30.3 Å². The Morgan fingerprint density at radius 1 is 1.06 bits per heavy atom. The van der Waals surface area contributed by atoms with Gasteiger partial charge in [-0.05, 0) is 12.1 Å². The van der Waals surface area contributed by atoms with Crippen LogP contribution in [0.5, 0.6) is 0 Å². The van der Waals surface area contributed by atoms with E-state index >= 15 is 0 Å². The van der Waals surface area contributed by atoms with E-state index in [0.717, 1.165) is 21.8 Å². The van der Waals surface area contributed by atoms with Gasteiger partial charge in [0.1, 0.15) is 0 Å². The van der Waals surface area contributed by atoms with E-state index in [0.29, 0.717) is 5.69 Å². The quantitative estimate of drug-likeness (QED) is 0.482. The predicted octanol–water partition coefficient (Wildman–Crippen LogP) is 3.82. The highest BCUT2D eigenvalue weighted by molar-refractivity contribution is 6.12. The van der Waals surface area contributed by atoms with Crippen molar-refractivity contribution in [2.24, 2.45) is 0 Å². The van der Waals surface area contributed by atoms with Gasteiger partial charge in [0.05, 0.1) is 11.2 Å². The number of halogens is 1. The Morgan fingerprint density at radius 3 is 2.65 bits per heavy atom. The topological polar surface area (TPSA) is 44.9 Å². The zero-order valence-electron chi connectivity index (χ0n) is 8.83. The summed E-state index contributed by atoms with van der Waals surface area (Å²) in [6.07, 6.45) is -1.56. The van der Waals surface area contributed by atoms with Gasteiger partial charge < -0.3 is 4.98 Å². The molecule has 2 N–H and O–H groups in total. The molecule has 0 aliphatic rings. The molecule has 1 aromatic heterocycles. The number of fused-ring (bicyclic) bond motifs is 3. The molecule has 1 heterocycles. The zero-order valence-corrected chi connectivity index (χ0v) is 8.83. The molecule has 0 fully saturated rings. The van der Waals surface area contributed by atoms with E-state index in [4.69, 9.17) is 0 Å². The molecule has 0 saturated carbocycles. The number of hydrogen-bond donors (Lipinski definition) is 2. The number of hydrogen-bond acceptors (Lipinski definition) is 1. The van der Waals surface area contributed by atoms with Crippen LogP contribution >= 0.6 is 0 Å². The highest BCUT2D eigenvalue weighted by atomic mass is 19.1. The van der Waals surface area contributed by atoms with Crippen molar-refractivity contribution < 1.29 is 9.18 Å². The molecule has 0 atom stereocenters. The average molecular weight is 228 g/mol. The van der Waals surface area contributed by atoms with Crippen molar-refractivity contribution in [1.82, 2.24) is 4.98 Å². The van der Waals surface area contributed by atoms with Crippen molar-refractivity contribution in [3.8, 4) is 0 Å². The highest BCUT2D eigenvalue weighted by Gasteiger charge is 2.08. The molecule has 3 rings (SSSR count). The molecule has 0 radical (unpaired) electrons. The second kappa shape index (κ2) is 3.59. The molecular formula is C13H9FN2O. The van der Waals surface area contributed by atoms with Crippen LogP contribution < -0.4 is 5.32 Å². The second-order valence-electron chi connectivity index (χ2n) is 3.80. The maximum atomic E-state index is 12.4. The van der Waals surface area contributed by atoms with Crippen LogP contribution in [0.15, 0.2) is 42.5 Å². The number of nitrogens with one attached hydrogen (secondary N) is 2. The molecular weight excluding hydrogens is 219 g/mol. The summed E-state index contributed by atoms with van der Waals surface area (Å²) in [5, 5.41) is 4.19. The van der Waals surface area contributed by atoms with Gasteiger partial charge in [-0.1, -0.05) is 30.3 Å².